The highest BCUT2D eigenvalue weighted by atomic mass is 32.2. The Kier molecular flexibility index (Phi) is 5.34. The summed E-state index contributed by atoms with van der Waals surface area (Å²) in [5.74, 6) is 1.15. The Morgan fingerprint density at radius 1 is 1.24 bits per heavy atom. The van der Waals surface area contributed by atoms with Crippen LogP contribution in [0.25, 0.3) is 5.69 Å². The predicted octanol–water partition coefficient (Wildman–Crippen LogP) is 3.21. The van der Waals surface area contributed by atoms with Gasteiger partial charge in [-0.3, -0.25) is 4.79 Å². The molecule has 146 valence electrons. The van der Waals surface area contributed by atoms with Crippen LogP contribution in [0.15, 0.2) is 58.5 Å². The van der Waals surface area contributed by atoms with Crippen LogP contribution in [0.4, 0.5) is 5.69 Å². The van der Waals surface area contributed by atoms with Gasteiger partial charge in [0.15, 0.2) is 0 Å². The van der Waals surface area contributed by atoms with Gasteiger partial charge >= 0.3 is 0 Å². The van der Waals surface area contributed by atoms with Gasteiger partial charge in [0, 0.05) is 23.2 Å². The molecule has 0 aliphatic heterocycles. The Hall–Kier alpha value is -3.53. The summed E-state index contributed by atoms with van der Waals surface area (Å²) in [7, 11) is 0. The minimum atomic E-state index is -0.242. The second-order valence-electron chi connectivity index (χ2n) is 6.21. The van der Waals surface area contributed by atoms with Crippen molar-refractivity contribution in [3.8, 4) is 5.69 Å². The first kappa shape index (κ1) is 18.8. The summed E-state index contributed by atoms with van der Waals surface area (Å²) in [5.41, 5.74) is 3.73. The SMILES string of the molecule is Cc1noc(C)c1CSc1ncccc1C(=O)Nc1cccc(-n2cnnn2)c1. The minimum Gasteiger partial charge on any atom is -0.361 e. The Balaban J connectivity index is 1.52. The van der Waals surface area contributed by atoms with Crippen molar-refractivity contribution in [1.82, 2.24) is 30.3 Å². The van der Waals surface area contributed by atoms with Gasteiger partial charge in [0.2, 0.25) is 0 Å². The molecule has 1 N–H and O–H groups in total. The number of nitrogens with zero attached hydrogens (tertiary/aromatic N) is 6. The Morgan fingerprint density at radius 3 is 2.90 bits per heavy atom. The van der Waals surface area contributed by atoms with Gasteiger partial charge in [-0.25, -0.2) is 9.67 Å². The Bertz CT molecular complexity index is 1120. The first-order valence-electron chi connectivity index (χ1n) is 8.76. The standard InChI is InChI=1S/C19H17N7O2S/c1-12-17(13(2)28-23-12)10-29-19-16(7-4-8-20-19)18(27)22-14-5-3-6-15(9-14)26-11-21-24-25-26/h3-9,11H,10H2,1-2H3,(H,22,27). The average molecular weight is 407 g/mol. The van der Waals surface area contributed by atoms with Crippen molar-refractivity contribution < 1.29 is 9.32 Å². The van der Waals surface area contributed by atoms with E-state index < -0.39 is 0 Å². The van der Waals surface area contributed by atoms with E-state index in [4.69, 9.17) is 4.52 Å². The minimum absolute atomic E-state index is 0.242. The highest BCUT2D eigenvalue weighted by Gasteiger charge is 2.16. The molecule has 3 aromatic heterocycles. The lowest BCUT2D eigenvalue weighted by molar-refractivity contribution is 0.102. The molecular formula is C19H17N7O2S. The zero-order valence-corrected chi connectivity index (χ0v) is 16.6. The maximum Gasteiger partial charge on any atom is 0.258 e. The third-order valence-corrected chi connectivity index (χ3v) is 5.30. The van der Waals surface area contributed by atoms with Gasteiger partial charge in [-0.15, -0.1) is 16.9 Å². The van der Waals surface area contributed by atoms with Crippen LogP contribution in [-0.4, -0.2) is 36.3 Å². The van der Waals surface area contributed by atoms with Crippen molar-refractivity contribution >= 4 is 23.4 Å². The molecule has 29 heavy (non-hydrogen) atoms. The Labute approximate surface area is 170 Å². The van der Waals surface area contributed by atoms with Crippen LogP contribution in [0.3, 0.4) is 0 Å². The van der Waals surface area contributed by atoms with Gasteiger partial charge in [0.1, 0.15) is 17.1 Å². The van der Waals surface area contributed by atoms with Gasteiger partial charge in [0.25, 0.3) is 5.91 Å². The van der Waals surface area contributed by atoms with Gasteiger partial charge in [-0.2, -0.15) is 0 Å². The van der Waals surface area contributed by atoms with Crippen LogP contribution in [-0.2, 0) is 5.75 Å². The monoisotopic (exact) mass is 407 g/mol. The van der Waals surface area contributed by atoms with E-state index in [1.807, 2.05) is 26.0 Å². The number of tetrazole rings is 1. The molecule has 0 aliphatic carbocycles. The fourth-order valence-electron chi connectivity index (χ4n) is 2.73. The highest BCUT2D eigenvalue weighted by molar-refractivity contribution is 7.98. The van der Waals surface area contributed by atoms with Crippen molar-refractivity contribution in [3.05, 3.63) is 71.5 Å². The van der Waals surface area contributed by atoms with Crippen molar-refractivity contribution in [2.24, 2.45) is 0 Å². The number of pyridine rings is 1. The van der Waals surface area contributed by atoms with E-state index in [1.54, 1.807) is 30.5 Å². The summed E-state index contributed by atoms with van der Waals surface area (Å²) in [4.78, 5) is 17.3. The number of thioether (sulfide) groups is 1. The van der Waals surface area contributed by atoms with Gasteiger partial charge in [0.05, 0.1) is 16.9 Å². The molecule has 3 heterocycles. The lowest BCUT2D eigenvalue weighted by atomic mass is 10.2. The normalized spacial score (nSPS) is 10.8. The van der Waals surface area contributed by atoms with Crippen molar-refractivity contribution in [2.75, 3.05) is 5.32 Å². The van der Waals surface area contributed by atoms with Gasteiger partial charge in [-0.1, -0.05) is 11.2 Å². The molecule has 0 bridgehead atoms. The summed E-state index contributed by atoms with van der Waals surface area (Å²) < 4.78 is 6.72. The van der Waals surface area contributed by atoms with Crippen LogP contribution in [0.5, 0.6) is 0 Å². The quantitative estimate of drug-likeness (QED) is 0.485. The summed E-state index contributed by atoms with van der Waals surface area (Å²) in [6.45, 7) is 3.77. The topological polar surface area (TPSA) is 112 Å². The lowest BCUT2D eigenvalue weighted by Crippen LogP contribution is -2.14. The average Bonchev–Trinajstić information content (AvgIpc) is 3.38. The zero-order valence-electron chi connectivity index (χ0n) is 15.7. The van der Waals surface area contributed by atoms with E-state index in [0.717, 1.165) is 22.7 Å². The molecule has 0 spiro atoms. The number of hydrogen-bond donors (Lipinski definition) is 1. The number of benzene rings is 1. The molecule has 0 atom stereocenters. The molecule has 0 saturated heterocycles. The number of nitrogens with one attached hydrogen (secondary N) is 1. The molecule has 0 aliphatic rings. The third-order valence-electron chi connectivity index (χ3n) is 4.27. The molecule has 1 aromatic carbocycles. The summed E-state index contributed by atoms with van der Waals surface area (Å²) >= 11 is 1.47. The number of carbonyl (C=O) groups is 1. The molecule has 4 aromatic rings. The number of rotatable bonds is 6. The molecule has 0 saturated carbocycles. The number of hydrogen-bond acceptors (Lipinski definition) is 8. The third kappa shape index (κ3) is 4.16. The summed E-state index contributed by atoms with van der Waals surface area (Å²) in [6.07, 6.45) is 3.16. The maximum absolute atomic E-state index is 12.9. The van der Waals surface area contributed by atoms with E-state index in [1.165, 1.54) is 22.8 Å². The van der Waals surface area contributed by atoms with Crippen molar-refractivity contribution in [1.29, 1.82) is 0 Å². The Morgan fingerprint density at radius 2 is 2.14 bits per heavy atom. The van der Waals surface area contributed by atoms with E-state index in [-0.39, 0.29) is 5.91 Å². The van der Waals surface area contributed by atoms with Crippen LogP contribution < -0.4 is 5.32 Å². The van der Waals surface area contributed by atoms with Crippen LogP contribution >= 0.6 is 11.8 Å². The van der Waals surface area contributed by atoms with Crippen LogP contribution in [0.2, 0.25) is 0 Å². The highest BCUT2D eigenvalue weighted by Crippen LogP contribution is 2.27. The van der Waals surface area contributed by atoms with E-state index in [0.29, 0.717) is 22.0 Å². The number of anilines is 1. The van der Waals surface area contributed by atoms with Gasteiger partial charge in [-0.05, 0) is 54.6 Å². The summed E-state index contributed by atoms with van der Waals surface area (Å²) in [6, 6.07) is 10.8. The second-order valence-corrected chi connectivity index (χ2v) is 7.17. The molecule has 9 nitrogen and oxygen atoms in total. The molecule has 0 unspecified atom stereocenters. The fraction of sp³-hybridized carbons (Fsp3) is 0.158. The van der Waals surface area contributed by atoms with E-state index >= 15 is 0 Å². The number of carbonyl (C=O) groups excluding carboxylic acids is 1. The first-order chi connectivity index (χ1) is 14.1. The smallest absolute Gasteiger partial charge is 0.258 e. The molecule has 0 radical (unpaired) electrons. The maximum atomic E-state index is 12.9. The molecule has 1 amide bonds. The van der Waals surface area contributed by atoms with E-state index in [2.05, 4.69) is 31.0 Å². The zero-order chi connectivity index (χ0) is 20.2. The molecule has 10 heteroatoms. The molecule has 0 fully saturated rings. The van der Waals surface area contributed by atoms with Crippen LogP contribution in [0, 0.1) is 13.8 Å². The number of aromatic nitrogens is 6. The van der Waals surface area contributed by atoms with Crippen molar-refractivity contribution in [2.45, 2.75) is 24.6 Å². The predicted molar refractivity (Wildman–Crippen MR) is 107 cm³/mol. The lowest BCUT2D eigenvalue weighted by Gasteiger charge is -2.10. The summed E-state index contributed by atoms with van der Waals surface area (Å²) in [5, 5.41) is 18.6. The number of aryl methyl sites for hydroxylation is 2. The van der Waals surface area contributed by atoms with Gasteiger partial charge < -0.3 is 9.84 Å². The molecular weight excluding hydrogens is 390 g/mol. The number of amides is 1. The first-order valence-corrected chi connectivity index (χ1v) is 9.74. The largest absolute Gasteiger partial charge is 0.361 e. The second kappa shape index (κ2) is 8.23. The van der Waals surface area contributed by atoms with E-state index in [9.17, 15) is 4.79 Å². The fourth-order valence-corrected chi connectivity index (χ4v) is 3.88. The van der Waals surface area contributed by atoms with Crippen LogP contribution in [0.1, 0.15) is 27.4 Å². The molecule has 4 rings (SSSR count). The van der Waals surface area contributed by atoms with Crippen molar-refractivity contribution in [3.63, 3.8) is 0 Å².